The van der Waals surface area contributed by atoms with E-state index < -0.39 is 5.72 Å². The average molecular weight is 451 g/mol. The first kappa shape index (κ1) is 22.6. The van der Waals surface area contributed by atoms with E-state index >= 15 is 0 Å². The van der Waals surface area contributed by atoms with E-state index in [9.17, 15) is 14.7 Å². The number of benzene rings is 1. The van der Waals surface area contributed by atoms with E-state index in [0.29, 0.717) is 23.3 Å². The van der Waals surface area contributed by atoms with Crippen LogP contribution in [0.3, 0.4) is 0 Å². The minimum atomic E-state index is -1.38. The number of likely N-dealkylation sites (N-methyl/N-ethyl adjacent to an activating group) is 1. The molecule has 1 aromatic rings. The SMILES string of the molecule is CN1C(=O)C=C[C@@]2(C)C1CC[C@@H]1[C@H]2CC[C@]2(C)C(C(=O)NC(C)(O)c3ccccc3)CC[C@@H]12. The number of nitrogens with zero attached hydrogens (tertiary/aromatic N) is 1. The van der Waals surface area contributed by atoms with E-state index in [1.165, 1.54) is 0 Å². The molecule has 3 unspecified atom stereocenters. The summed E-state index contributed by atoms with van der Waals surface area (Å²) in [6.45, 7) is 6.34. The fourth-order valence-corrected chi connectivity index (χ4v) is 8.33. The van der Waals surface area contributed by atoms with Crippen LogP contribution in [-0.4, -0.2) is 34.9 Å². The third-order valence-corrected chi connectivity index (χ3v) is 10.1. The Kier molecular flexibility index (Phi) is 5.28. The van der Waals surface area contributed by atoms with E-state index in [-0.39, 0.29) is 34.6 Å². The van der Waals surface area contributed by atoms with Crippen LogP contribution < -0.4 is 5.32 Å². The van der Waals surface area contributed by atoms with Gasteiger partial charge in [-0.2, -0.15) is 0 Å². The Morgan fingerprint density at radius 1 is 1.09 bits per heavy atom. The molecule has 0 aromatic heterocycles. The fraction of sp³-hybridized carbons (Fsp3) is 0.643. The number of hydrogen-bond acceptors (Lipinski definition) is 3. The normalized spacial score (nSPS) is 41.5. The van der Waals surface area contributed by atoms with Crippen molar-refractivity contribution in [3.63, 3.8) is 0 Å². The van der Waals surface area contributed by atoms with Gasteiger partial charge in [-0.25, -0.2) is 0 Å². The van der Waals surface area contributed by atoms with Crippen LogP contribution in [-0.2, 0) is 15.3 Å². The molecule has 3 fully saturated rings. The van der Waals surface area contributed by atoms with Crippen molar-refractivity contribution < 1.29 is 14.7 Å². The van der Waals surface area contributed by atoms with Gasteiger partial charge in [0.2, 0.25) is 11.8 Å². The molecule has 0 saturated heterocycles. The number of aliphatic hydroxyl groups is 1. The number of fused-ring (bicyclic) bond motifs is 5. The molecule has 3 saturated carbocycles. The molecule has 0 spiro atoms. The smallest absolute Gasteiger partial charge is 0.246 e. The molecule has 1 aromatic carbocycles. The summed E-state index contributed by atoms with van der Waals surface area (Å²) in [6.07, 6.45) is 10.2. The third kappa shape index (κ3) is 3.38. The van der Waals surface area contributed by atoms with E-state index in [0.717, 1.165) is 38.5 Å². The van der Waals surface area contributed by atoms with Gasteiger partial charge in [0.25, 0.3) is 0 Å². The van der Waals surface area contributed by atoms with Crippen molar-refractivity contribution in [1.82, 2.24) is 10.2 Å². The summed E-state index contributed by atoms with van der Waals surface area (Å²) in [6, 6.07) is 9.65. The zero-order valence-corrected chi connectivity index (χ0v) is 20.4. The summed E-state index contributed by atoms with van der Waals surface area (Å²) in [5, 5.41) is 14.0. The lowest BCUT2D eigenvalue weighted by molar-refractivity contribution is -0.145. The van der Waals surface area contributed by atoms with Crippen LogP contribution in [0.5, 0.6) is 0 Å². The second-order valence-electron chi connectivity index (χ2n) is 11.7. The topological polar surface area (TPSA) is 69.6 Å². The van der Waals surface area contributed by atoms with Crippen LogP contribution in [0.15, 0.2) is 42.5 Å². The monoisotopic (exact) mass is 450 g/mol. The molecule has 1 heterocycles. The van der Waals surface area contributed by atoms with Crippen molar-refractivity contribution >= 4 is 11.8 Å². The highest BCUT2D eigenvalue weighted by Gasteiger charge is 2.61. The van der Waals surface area contributed by atoms with Crippen LogP contribution in [0.25, 0.3) is 0 Å². The van der Waals surface area contributed by atoms with Crippen LogP contribution in [0, 0.1) is 34.5 Å². The molecule has 4 aliphatic rings. The van der Waals surface area contributed by atoms with Gasteiger partial charge in [0, 0.05) is 30.0 Å². The highest BCUT2D eigenvalue weighted by atomic mass is 16.3. The number of carbonyl (C=O) groups is 2. The molecular weight excluding hydrogens is 412 g/mol. The molecule has 8 atom stereocenters. The summed E-state index contributed by atoms with van der Waals surface area (Å²) < 4.78 is 0. The summed E-state index contributed by atoms with van der Waals surface area (Å²) in [5.41, 5.74) is -0.693. The molecule has 0 bridgehead atoms. The predicted octanol–water partition coefficient (Wildman–Crippen LogP) is 4.22. The highest BCUT2D eigenvalue weighted by Crippen LogP contribution is 2.65. The Labute approximate surface area is 197 Å². The Balaban J connectivity index is 1.36. The molecule has 5 rings (SSSR count). The molecule has 178 valence electrons. The fourth-order valence-electron chi connectivity index (χ4n) is 8.33. The maximum atomic E-state index is 13.5. The van der Waals surface area contributed by atoms with Gasteiger partial charge in [0.15, 0.2) is 5.72 Å². The summed E-state index contributed by atoms with van der Waals surface area (Å²) in [7, 11) is 1.95. The van der Waals surface area contributed by atoms with Crippen LogP contribution in [0.1, 0.15) is 64.9 Å². The van der Waals surface area contributed by atoms with E-state index in [1.54, 1.807) is 13.0 Å². The van der Waals surface area contributed by atoms with Crippen molar-refractivity contribution in [2.45, 2.75) is 71.1 Å². The molecule has 5 heteroatoms. The number of nitrogens with one attached hydrogen (secondary N) is 1. The zero-order valence-electron chi connectivity index (χ0n) is 20.4. The standard InChI is InChI=1S/C28H38N2O3/c1-26-16-14-21-19(10-13-23-27(21,2)17-15-24(31)30(23)4)20(26)11-12-22(26)25(32)29-28(3,33)18-8-6-5-7-9-18/h5-9,15,17,19-23,33H,10-14,16H2,1-4H3,(H,29,32)/t19-,20-,21+,22?,23?,26-,27+,28?/m0/s1. The van der Waals surface area contributed by atoms with E-state index in [2.05, 4.69) is 25.2 Å². The first-order valence-electron chi connectivity index (χ1n) is 12.6. The van der Waals surface area contributed by atoms with Gasteiger partial charge in [-0.1, -0.05) is 50.3 Å². The van der Waals surface area contributed by atoms with E-state index in [1.807, 2.05) is 42.3 Å². The molecule has 0 radical (unpaired) electrons. The quantitative estimate of drug-likeness (QED) is 0.678. The zero-order chi connectivity index (χ0) is 23.6. The number of carbonyl (C=O) groups excluding carboxylic acids is 2. The number of amides is 2. The lowest BCUT2D eigenvalue weighted by atomic mass is 9.47. The maximum Gasteiger partial charge on any atom is 0.246 e. The molecule has 5 nitrogen and oxygen atoms in total. The van der Waals surface area contributed by atoms with Gasteiger partial charge in [-0.15, -0.1) is 0 Å². The molecule has 2 N–H and O–H groups in total. The van der Waals surface area contributed by atoms with Crippen molar-refractivity contribution in [1.29, 1.82) is 0 Å². The van der Waals surface area contributed by atoms with Gasteiger partial charge in [0.05, 0.1) is 0 Å². The molecule has 2 amide bonds. The number of rotatable bonds is 3. The minimum absolute atomic E-state index is 0.0181. The Bertz CT molecular complexity index is 973. The lowest BCUT2D eigenvalue weighted by Crippen LogP contribution is -2.60. The van der Waals surface area contributed by atoms with Crippen molar-refractivity contribution in [2.75, 3.05) is 7.05 Å². The van der Waals surface area contributed by atoms with Gasteiger partial charge in [-0.3, -0.25) is 9.59 Å². The second-order valence-corrected chi connectivity index (χ2v) is 11.7. The Morgan fingerprint density at radius 2 is 1.82 bits per heavy atom. The van der Waals surface area contributed by atoms with Crippen molar-refractivity contribution in [3.8, 4) is 0 Å². The van der Waals surface area contributed by atoms with Crippen molar-refractivity contribution in [2.24, 2.45) is 34.5 Å². The van der Waals surface area contributed by atoms with Crippen LogP contribution in [0.4, 0.5) is 0 Å². The summed E-state index contributed by atoms with van der Waals surface area (Å²) >= 11 is 0. The lowest BCUT2D eigenvalue weighted by Gasteiger charge is -2.60. The summed E-state index contributed by atoms with van der Waals surface area (Å²) in [5.74, 6) is 1.69. The number of hydrogen-bond donors (Lipinski definition) is 2. The van der Waals surface area contributed by atoms with Crippen molar-refractivity contribution in [3.05, 3.63) is 48.0 Å². The third-order valence-electron chi connectivity index (χ3n) is 10.1. The molecule has 33 heavy (non-hydrogen) atoms. The first-order valence-corrected chi connectivity index (χ1v) is 12.6. The Morgan fingerprint density at radius 3 is 2.55 bits per heavy atom. The predicted molar refractivity (Wildman–Crippen MR) is 128 cm³/mol. The van der Waals surface area contributed by atoms with Gasteiger partial charge < -0.3 is 15.3 Å². The van der Waals surface area contributed by atoms with Gasteiger partial charge >= 0.3 is 0 Å². The van der Waals surface area contributed by atoms with E-state index in [4.69, 9.17) is 0 Å². The summed E-state index contributed by atoms with van der Waals surface area (Å²) in [4.78, 5) is 27.8. The van der Waals surface area contributed by atoms with Gasteiger partial charge in [-0.05, 0) is 74.7 Å². The largest absolute Gasteiger partial charge is 0.367 e. The molecular formula is C28H38N2O3. The second kappa shape index (κ2) is 7.69. The van der Waals surface area contributed by atoms with Gasteiger partial charge in [0.1, 0.15) is 0 Å². The first-order chi connectivity index (χ1) is 15.6. The Hall–Kier alpha value is -2.14. The molecule has 3 aliphatic carbocycles. The maximum absolute atomic E-state index is 13.5. The van der Waals surface area contributed by atoms with Crippen LogP contribution >= 0.6 is 0 Å². The minimum Gasteiger partial charge on any atom is -0.367 e. The van der Waals surface area contributed by atoms with Crippen LogP contribution in [0.2, 0.25) is 0 Å². The highest BCUT2D eigenvalue weighted by molar-refractivity contribution is 5.89. The average Bonchev–Trinajstić information content (AvgIpc) is 3.14. The molecule has 1 aliphatic heterocycles.